The van der Waals surface area contributed by atoms with Crippen molar-refractivity contribution in [3.8, 4) is 0 Å². The van der Waals surface area contributed by atoms with Crippen LogP contribution in [0.1, 0.15) is 172 Å². The van der Waals surface area contributed by atoms with E-state index in [0.29, 0.717) is 35.6 Å². The van der Waals surface area contributed by atoms with Crippen molar-refractivity contribution in [1.29, 1.82) is 0 Å². The van der Waals surface area contributed by atoms with Gasteiger partial charge in [-0.25, -0.2) is 0 Å². The average Bonchev–Trinajstić information content (AvgIpc) is 3.71. The van der Waals surface area contributed by atoms with Crippen molar-refractivity contribution in [1.82, 2.24) is 9.80 Å². The number of hydrogen-bond donors (Lipinski definition) is 0. The molecule has 6 aromatic rings. The van der Waals surface area contributed by atoms with E-state index in [-0.39, 0.29) is 33.5 Å². The van der Waals surface area contributed by atoms with Gasteiger partial charge >= 0.3 is 0 Å². The van der Waals surface area contributed by atoms with Gasteiger partial charge in [0.2, 0.25) is 0 Å². The van der Waals surface area contributed by atoms with Crippen LogP contribution < -0.4 is 0 Å². The molecule has 0 aromatic heterocycles. The molecule has 2 amide bonds. The molecule has 0 unspecified atom stereocenters. The van der Waals surface area contributed by atoms with E-state index in [1.807, 2.05) is 9.80 Å². The first kappa shape index (κ1) is 51.6. The Balaban J connectivity index is 1.24. The van der Waals surface area contributed by atoms with Crippen LogP contribution in [0.5, 0.6) is 0 Å². The Morgan fingerprint density at radius 1 is 0.347 bits per heavy atom. The minimum absolute atomic E-state index is 0.0127. The van der Waals surface area contributed by atoms with Crippen LogP contribution in [-0.4, -0.2) is 21.6 Å². The highest BCUT2D eigenvalue weighted by atomic mass is 16.2. The summed E-state index contributed by atoms with van der Waals surface area (Å²) in [5, 5.41) is 0. The van der Waals surface area contributed by atoms with Crippen LogP contribution in [0.3, 0.4) is 0 Å². The van der Waals surface area contributed by atoms with E-state index in [4.69, 9.17) is 0 Å². The molecule has 4 nitrogen and oxygen atoms in total. The van der Waals surface area contributed by atoms with E-state index in [0.717, 1.165) is 66.8 Å². The van der Waals surface area contributed by atoms with Gasteiger partial charge in [-0.05, 0) is 116 Å². The number of carbonyl (C=O) groups excluding carboxylic acids is 2. The van der Waals surface area contributed by atoms with Crippen molar-refractivity contribution < 1.29 is 9.59 Å². The Morgan fingerprint density at radius 2 is 0.611 bits per heavy atom. The number of benzene rings is 6. The van der Waals surface area contributed by atoms with Crippen LogP contribution in [0, 0.1) is 27.7 Å². The van der Waals surface area contributed by atoms with Gasteiger partial charge in [0.05, 0.1) is 35.6 Å². The zero-order chi connectivity index (χ0) is 52.2. The number of fused-ring (bicyclic) bond motifs is 1. The normalized spacial score (nSPS) is 14.8. The zero-order valence-corrected chi connectivity index (χ0v) is 46.0. The molecule has 0 fully saturated rings. The van der Waals surface area contributed by atoms with Crippen molar-refractivity contribution in [2.45, 2.75) is 146 Å². The first-order valence-electron chi connectivity index (χ1n) is 25.8. The van der Waals surface area contributed by atoms with E-state index < -0.39 is 0 Å². The van der Waals surface area contributed by atoms with E-state index in [1.165, 1.54) is 22.3 Å². The van der Waals surface area contributed by atoms with Gasteiger partial charge in [-0.15, -0.1) is 0 Å². The Kier molecular flexibility index (Phi) is 13.8. The summed E-state index contributed by atoms with van der Waals surface area (Å²) >= 11 is 0. The topological polar surface area (TPSA) is 40.6 Å². The lowest BCUT2D eigenvalue weighted by atomic mass is 9.79. The summed E-state index contributed by atoms with van der Waals surface area (Å²) in [6, 6.07) is 43.4. The summed E-state index contributed by atoms with van der Waals surface area (Å²) in [6.45, 7) is 36.2. The second kappa shape index (κ2) is 19.3. The number of nitrogens with zero attached hydrogens (tertiary/aromatic N) is 2. The largest absolute Gasteiger partial charge is 0.302 e. The third-order valence-corrected chi connectivity index (χ3v) is 14.1. The fraction of sp³-hybridized carbons (Fsp3) is 0.324. The summed E-state index contributed by atoms with van der Waals surface area (Å²) in [7, 11) is 0. The third kappa shape index (κ3) is 11.3. The molecule has 6 aromatic carbocycles. The smallest absolute Gasteiger partial charge is 0.261 e. The molecule has 0 N–H and O–H groups in total. The van der Waals surface area contributed by atoms with Gasteiger partial charge in [-0.2, -0.15) is 0 Å². The predicted molar refractivity (Wildman–Crippen MR) is 305 cm³/mol. The fourth-order valence-corrected chi connectivity index (χ4v) is 10.1. The maximum atomic E-state index is 15.5. The highest BCUT2D eigenvalue weighted by molar-refractivity contribution is 6.30. The van der Waals surface area contributed by atoms with Gasteiger partial charge in [0, 0.05) is 0 Å². The van der Waals surface area contributed by atoms with E-state index in [9.17, 15) is 0 Å². The molecule has 4 heteroatoms. The van der Waals surface area contributed by atoms with Crippen LogP contribution in [-0.2, 0) is 44.3 Å². The SMILES string of the molecule is Cc1cc(C)cc(CN2C(=O)C3=C(c4ccc(/C=C/c5cc(C(C)(C)C)cc(C(C)(C)C)c5)cc4)N(Cc4cc(C)cc(C)c4)C(=O)C3=C2c2ccc(/C=C/c3cc(C(C)(C)C)cc(C(C)(C)C)c3)cc2)c1. The molecule has 2 aliphatic rings. The maximum Gasteiger partial charge on any atom is 0.261 e. The number of rotatable bonds is 10. The zero-order valence-electron chi connectivity index (χ0n) is 46.0. The third-order valence-electron chi connectivity index (χ3n) is 14.1. The Bertz CT molecular complexity index is 2890. The summed E-state index contributed by atoms with van der Waals surface area (Å²) in [5.74, 6) is -0.333. The average molecular weight is 953 g/mol. The molecule has 0 saturated heterocycles. The summed E-state index contributed by atoms with van der Waals surface area (Å²) in [5.41, 5.74) is 20.1. The van der Waals surface area contributed by atoms with Gasteiger partial charge in [-0.3, -0.25) is 9.59 Å². The minimum atomic E-state index is -0.167. The molecule has 2 aliphatic heterocycles. The summed E-state index contributed by atoms with van der Waals surface area (Å²) < 4.78 is 0. The maximum absolute atomic E-state index is 15.5. The van der Waals surface area contributed by atoms with Gasteiger partial charge in [0.15, 0.2) is 0 Å². The van der Waals surface area contributed by atoms with Crippen LogP contribution in [0.15, 0.2) is 132 Å². The Morgan fingerprint density at radius 3 is 0.875 bits per heavy atom. The molecule has 0 aliphatic carbocycles. The number of hydrogen-bond acceptors (Lipinski definition) is 2. The summed E-state index contributed by atoms with van der Waals surface area (Å²) in [6.07, 6.45) is 8.70. The second-order valence-electron chi connectivity index (χ2n) is 24.8. The first-order chi connectivity index (χ1) is 33.6. The predicted octanol–water partition coefficient (Wildman–Crippen LogP) is 16.7. The molecule has 0 atom stereocenters. The van der Waals surface area contributed by atoms with Crippen molar-refractivity contribution in [3.05, 3.63) is 221 Å². The molecular weight excluding hydrogens is 877 g/mol. The van der Waals surface area contributed by atoms with Gasteiger partial charge in [0.1, 0.15) is 0 Å². The lowest BCUT2D eigenvalue weighted by Crippen LogP contribution is -2.29. The van der Waals surface area contributed by atoms with E-state index in [2.05, 4.69) is 256 Å². The molecule has 0 saturated carbocycles. The number of carbonyl (C=O) groups is 2. The molecule has 0 bridgehead atoms. The van der Waals surface area contributed by atoms with Crippen molar-refractivity contribution >= 4 is 47.5 Å². The molecule has 2 heterocycles. The van der Waals surface area contributed by atoms with Gasteiger partial charge < -0.3 is 9.80 Å². The van der Waals surface area contributed by atoms with Gasteiger partial charge in [-0.1, -0.05) is 251 Å². The van der Waals surface area contributed by atoms with Crippen molar-refractivity contribution in [2.75, 3.05) is 0 Å². The Hall–Kier alpha value is -6.78. The fourth-order valence-electron chi connectivity index (χ4n) is 10.1. The van der Waals surface area contributed by atoms with Crippen molar-refractivity contribution in [2.24, 2.45) is 0 Å². The molecule has 72 heavy (non-hydrogen) atoms. The van der Waals surface area contributed by atoms with E-state index in [1.54, 1.807) is 0 Å². The number of aryl methyl sites for hydroxylation is 4. The van der Waals surface area contributed by atoms with Crippen molar-refractivity contribution in [3.63, 3.8) is 0 Å². The lowest BCUT2D eigenvalue weighted by molar-refractivity contribution is -0.124. The van der Waals surface area contributed by atoms with Gasteiger partial charge in [0.25, 0.3) is 11.8 Å². The standard InChI is InChI=1S/C68H76N2O2/c1-43-29-44(2)32-51(31-43)41-69-61(53-25-21-47(22-26-53)17-19-49-35-55(65(5,6)7)39-56(36-49)66(8,9)10)59-60(63(69)71)62(70(64(59)72)42-52-33-45(3)30-46(4)34-52)54-27-23-48(24-28-54)18-20-50-37-57(67(11,12)13)40-58(38-50)68(14,15)16/h17-40H,41-42H2,1-16H3/b19-17+,20-18+. The second-order valence-corrected chi connectivity index (χ2v) is 24.8. The number of amides is 2. The molecule has 8 rings (SSSR count). The minimum Gasteiger partial charge on any atom is -0.302 e. The molecule has 0 radical (unpaired) electrons. The molecular formula is C68H76N2O2. The van der Waals surface area contributed by atoms with Crippen LogP contribution in [0.2, 0.25) is 0 Å². The Labute approximate surface area is 431 Å². The lowest BCUT2D eigenvalue weighted by Gasteiger charge is -2.26. The molecule has 0 spiro atoms. The van der Waals surface area contributed by atoms with E-state index >= 15 is 9.59 Å². The van der Waals surface area contributed by atoms with Crippen LogP contribution >= 0.6 is 0 Å². The van der Waals surface area contributed by atoms with Crippen LogP contribution in [0.4, 0.5) is 0 Å². The highest BCUT2D eigenvalue weighted by Crippen LogP contribution is 2.48. The molecule has 370 valence electrons. The first-order valence-corrected chi connectivity index (χ1v) is 25.8. The summed E-state index contributed by atoms with van der Waals surface area (Å²) in [4.78, 5) is 34.6. The highest BCUT2D eigenvalue weighted by Gasteiger charge is 2.49. The van der Waals surface area contributed by atoms with Crippen LogP contribution in [0.25, 0.3) is 35.7 Å². The monoisotopic (exact) mass is 953 g/mol. The quantitative estimate of drug-likeness (QED) is 0.128.